The van der Waals surface area contributed by atoms with Crippen LogP contribution < -0.4 is 4.74 Å². The summed E-state index contributed by atoms with van der Waals surface area (Å²) in [5.74, 6) is 7.06. The third-order valence-corrected chi connectivity index (χ3v) is 2.10. The molecule has 0 aromatic heterocycles. The summed E-state index contributed by atoms with van der Waals surface area (Å²) in [5, 5.41) is 0. The number of ether oxygens (including phenoxy) is 2. The Balaban J connectivity index is 2.65. The summed E-state index contributed by atoms with van der Waals surface area (Å²) >= 11 is 0. The highest BCUT2D eigenvalue weighted by molar-refractivity contribution is 5.45. The first-order chi connectivity index (χ1) is 7.88. The summed E-state index contributed by atoms with van der Waals surface area (Å²) < 4.78 is 10.3. The summed E-state index contributed by atoms with van der Waals surface area (Å²) in [6.07, 6.45) is 3.26. The van der Waals surface area contributed by atoms with Gasteiger partial charge in [0.05, 0.1) is 5.56 Å². The van der Waals surface area contributed by atoms with E-state index in [1.165, 1.54) is 6.42 Å². The van der Waals surface area contributed by atoms with Gasteiger partial charge in [-0.25, -0.2) is 0 Å². The van der Waals surface area contributed by atoms with Gasteiger partial charge in [0, 0.05) is 13.5 Å². The lowest BCUT2D eigenvalue weighted by atomic mass is 10.2. The fourth-order valence-corrected chi connectivity index (χ4v) is 1.24. The molecule has 0 unspecified atom stereocenters. The summed E-state index contributed by atoms with van der Waals surface area (Å²) in [4.78, 5) is 0. The molecule has 0 heterocycles. The Morgan fingerprint density at radius 2 is 2.06 bits per heavy atom. The van der Waals surface area contributed by atoms with E-state index in [2.05, 4.69) is 18.8 Å². The zero-order valence-corrected chi connectivity index (χ0v) is 9.95. The van der Waals surface area contributed by atoms with Crippen LogP contribution in [-0.2, 0) is 4.74 Å². The van der Waals surface area contributed by atoms with Crippen LogP contribution in [0.25, 0.3) is 0 Å². The molecule has 1 rings (SSSR count). The molecular weight excluding hydrogens is 200 g/mol. The van der Waals surface area contributed by atoms with Crippen LogP contribution in [0.1, 0.15) is 31.7 Å². The maximum absolute atomic E-state index is 5.42. The second kappa shape index (κ2) is 7.78. The molecule has 86 valence electrons. The van der Waals surface area contributed by atoms with Crippen molar-refractivity contribution < 1.29 is 9.47 Å². The van der Waals surface area contributed by atoms with Crippen LogP contribution in [0.2, 0.25) is 0 Å². The van der Waals surface area contributed by atoms with E-state index in [0.29, 0.717) is 0 Å². The van der Waals surface area contributed by atoms with Gasteiger partial charge in [-0.3, -0.25) is 0 Å². The van der Waals surface area contributed by atoms with Gasteiger partial charge in [0.15, 0.2) is 6.79 Å². The molecule has 1 aromatic carbocycles. The number of unbranched alkanes of at least 4 members (excludes halogenated alkanes) is 2. The first kappa shape index (κ1) is 12.6. The van der Waals surface area contributed by atoms with Gasteiger partial charge in [0.25, 0.3) is 0 Å². The van der Waals surface area contributed by atoms with Gasteiger partial charge in [-0.05, 0) is 18.6 Å². The number of benzene rings is 1. The average Bonchev–Trinajstić information content (AvgIpc) is 2.33. The van der Waals surface area contributed by atoms with E-state index in [9.17, 15) is 0 Å². The Morgan fingerprint density at radius 1 is 1.25 bits per heavy atom. The van der Waals surface area contributed by atoms with Crippen LogP contribution >= 0.6 is 0 Å². The average molecular weight is 218 g/mol. The summed E-state index contributed by atoms with van der Waals surface area (Å²) in [7, 11) is 1.61. The van der Waals surface area contributed by atoms with Gasteiger partial charge in [0.2, 0.25) is 0 Å². The molecule has 0 fully saturated rings. The summed E-state index contributed by atoms with van der Waals surface area (Å²) in [5.41, 5.74) is 0.927. The molecule has 0 atom stereocenters. The van der Waals surface area contributed by atoms with Crippen LogP contribution in [0.5, 0.6) is 5.75 Å². The Hall–Kier alpha value is -1.46. The SMILES string of the molecule is CCCCC#Cc1ccccc1OCOC. The van der Waals surface area contributed by atoms with Gasteiger partial charge in [-0.1, -0.05) is 37.3 Å². The molecule has 2 nitrogen and oxygen atoms in total. The number of hydrogen-bond donors (Lipinski definition) is 0. The minimum Gasteiger partial charge on any atom is -0.466 e. The van der Waals surface area contributed by atoms with E-state index < -0.39 is 0 Å². The maximum atomic E-state index is 5.42. The highest BCUT2D eigenvalue weighted by Crippen LogP contribution is 2.16. The van der Waals surface area contributed by atoms with Crippen molar-refractivity contribution in [3.05, 3.63) is 29.8 Å². The van der Waals surface area contributed by atoms with Crippen LogP contribution in [-0.4, -0.2) is 13.9 Å². The van der Waals surface area contributed by atoms with Gasteiger partial charge >= 0.3 is 0 Å². The minimum absolute atomic E-state index is 0.258. The van der Waals surface area contributed by atoms with Crippen molar-refractivity contribution in [3.8, 4) is 17.6 Å². The van der Waals surface area contributed by atoms with Crippen LogP contribution in [0.4, 0.5) is 0 Å². The van der Waals surface area contributed by atoms with Crippen LogP contribution in [0, 0.1) is 11.8 Å². The fourth-order valence-electron chi connectivity index (χ4n) is 1.24. The highest BCUT2D eigenvalue weighted by Gasteiger charge is 1.98. The van der Waals surface area contributed by atoms with E-state index in [4.69, 9.17) is 9.47 Å². The molecule has 2 heteroatoms. The van der Waals surface area contributed by atoms with Crippen molar-refractivity contribution in [1.82, 2.24) is 0 Å². The molecular formula is C14H18O2. The Labute approximate surface area is 97.6 Å². The van der Waals surface area contributed by atoms with Gasteiger partial charge in [0.1, 0.15) is 5.75 Å². The first-order valence-electron chi connectivity index (χ1n) is 5.58. The third-order valence-electron chi connectivity index (χ3n) is 2.10. The van der Waals surface area contributed by atoms with Crippen molar-refractivity contribution in [3.63, 3.8) is 0 Å². The maximum Gasteiger partial charge on any atom is 0.188 e. The standard InChI is InChI=1S/C14H18O2/c1-3-4-5-6-9-13-10-7-8-11-14(13)16-12-15-2/h7-8,10-11H,3-5,12H2,1-2H3. The third kappa shape index (κ3) is 4.37. The molecule has 16 heavy (non-hydrogen) atoms. The van der Waals surface area contributed by atoms with Crippen molar-refractivity contribution in [2.45, 2.75) is 26.2 Å². The van der Waals surface area contributed by atoms with E-state index in [1.54, 1.807) is 7.11 Å². The quantitative estimate of drug-likeness (QED) is 0.429. The Kier molecular flexibility index (Phi) is 6.13. The predicted molar refractivity (Wildman–Crippen MR) is 65.3 cm³/mol. The lowest BCUT2D eigenvalue weighted by molar-refractivity contribution is 0.0509. The smallest absolute Gasteiger partial charge is 0.188 e. The summed E-state index contributed by atoms with van der Waals surface area (Å²) in [6.45, 7) is 2.42. The second-order valence-corrected chi connectivity index (χ2v) is 3.45. The van der Waals surface area contributed by atoms with Crippen molar-refractivity contribution in [1.29, 1.82) is 0 Å². The van der Waals surface area contributed by atoms with Gasteiger partial charge < -0.3 is 9.47 Å². The van der Waals surface area contributed by atoms with E-state index in [1.807, 2.05) is 24.3 Å². The minimum atomic E-state index is 0.258. The van der Waals surface area contributed by atoms with Crippen molar-refractivity contribution in [2.75, 3.05) is 13.9 Å². The van der Waals surface area contributed by atoms with Crippen LogP contribution in [0.15, 0.2) is 24.3 Å². The largest absolute Gasteiger partial charge is 0.466 e. The van der Waals surface area contributed by atoms with E-state index in [0.717, 1.165) is 24.2 Å². The predicted octanol–water partition coefficient (Wildman–Crippen LogP) is 3.21. The topological polar surface area (TPSA) is 18.5 Å². The van der Waals surface area contributed by atoms with E-state index in [-0.39, 0.29) is 6.79 Å². The Bertz CT molecular complexity index is 360. The normalized spacial score (nSPS) is 9.38. The molecule has 0 bridgehead atoms. The zero-order valence-electron chi connectivity index (χ0n) is 9.95. The van der Waals surface area contributed by atoms with Crippen LogP contribution in [0.3, 0.4) is 0 Å². The molecule has 0 saturated carbocycles. The molecule has 0 radical (unpaired) electrons. The zero-order chi connectivity index (χ0) is 11.6. The van der Waals surface area contributed by atoms with E-state index >= 15 is 0 Å². The Morgan fingerprint density at radius 3 is 2.81 bits per heavy atom. The molecule has 0 N–H and O–H groups in total. The number of rotatable bonds is 5. The fraction of sp³-hybridized carbons (Fsp3) is 0.429. The lowest BCUT2D eigenvalue weighted by Gasteiger charge is -2.05. The number of para-hydroxylation sites is 1. The molecule has 0 aliphatic rings. The van der Waals surface area contributed by atoms with Crippen molar-refractivity contribution >= 4 is 0 Å². The number of methoxy groups -OCH3 is 1. The van der Waals surface area contributed by atoms with Crippen molar-refractivity contribution in [2.24, 2.45) is 0 Å². The lowest BCUT2D eigenvalue weighted by Crippen LogP contribution is -2.00. The highest BCUT2D eigenvalue weighted by atomic mass is 16.7. The molecule has 0 spiro atoms. The van der Waals surface area contributed by atoms with Gasteiger partial charge in [-0.15, -0.1) is 0 Å². The first-order valence-corrected chi connectivity index (χ1v) is 5.58. The summed E-state index contributed by atoms with van der Waals surface area (Å²) in [6, 6.07) is 7.76. The second-order valence-electron chi connectivity index (χ2n) is 3.45. The molecule has 0 saturated heterocycles. The molecule has 0 amide bonds. The monoisotopic (exact) mass is 218 g/mol. The van der Waals surface area contributed by atoms with Gasteiger partial charge in [-0.2, -0.15) is 0 Å². The molecule has 1 aromatic rings. The molecule has 0 aliphatic carbocycles. The number of hydrogen-bond acceptors (Lipinski definition) is 2. The molecule has 0 aliphatic heterocycles.